The number of nitrogens with zero attached hydrogens (tertiary/aromatic N) is 2. The standard InChI is InChI=1S/C16H24F3N5O2.H2/c1-9(2)22-14-12(13(20)25)7-21-15(24-14)23-10-3-5-11(6-4-10)26-8-16(17,18)19;/h7,9-11H,3-6,8H2,1-2H3,(H2,20,25)(H2,21,22,23,24);1H. The molecule has 0 radical (unpaired) electrons. The van der Waals surface area contributed by atoms with Gasteiger partial charge in [-0.3, -0.25) is 4.79 Å². The van der Waals surface area contributed by atoms with E-state index in [9.17, 15) is 18.0 Å². The molecular weight excluding hydrogens is 351 g/mol. The van der Waals surface area contributed by atoms with Crippen molar-refractivity contribution >= 4 is 17.7 Å². The van der Waals surface area contributed by atoms with E-state index in [1.807, 2.05) is 13.8 Å². The molecule has 1 aromatic heterocycles. The molecule has 0 aromatic carbocycles. The third-order valence-electron chi connectivity index (χ3n) is 3.97. The van der Waals surface area contributed by atoms with Crippen LogP contribution in [0.1, 0.15) is 51.3 Å². The van der Waals surface area contributed by atoms with Crippen molar-refractivity contribution in [3.8, 4) is 0 Å². The first-order valence-electron chi connectivity index (χ1n) is 8.52. The number of carbonyl (C=O) groups is 1. The van der Waals surface area contributed by atoms with Crippen molar-refractivity contribution in [3.63, 3.8) is 0 Å². The zero-order chi connectivity index (χ0) is 19.3. The van der Waals surface area contributed by atoms with Gasteiger partial charge in [-0.15, -0.1) is 0 Å². The molecule has 0 bridgehead atoms. The highest BCUT2D eigenvalue weighted by molar-refractivity contribution is 5.97. The van der Waals surface area contributed by atoms with E-state index in [1.54, 1.807) is 0 Å². The van der Waals surface area contributed by atoms with Crippen LogP contribution in [0.3, 0.4) is 0 Å². The van der Waals surface area contributed by atoms with Crippen LogP contribution in [0.15, 0.2) is 6.20 Å². The van der Waals surface area contributed by atoms with Gasteiger partial charge in [-0.05, 0) is 39.5 Å². The van der Waals surface area contributed by atoms with Crippen LogP contribution in [0, 0.1) is 0 Å². The van der Waals surface area contributed by atoms with Crippen molar-refractivity contribution in [3.05, 3.63) is 11.8 Å². The molecule has 1 aromatic rings. The molecule has 4 N–H and O–H groups in total. The van der Waals surface area contributed by atoms with Crippen LogP contribution in [0.25, 0.3) is 0 Å². The molecule has 0 spiro atoms. The number of nitrogens with two attached hydrogens (primary N) is 1. The minimum Gasteiger partial charge on any atom is -0.369 e. The van der Waals surface area contributed by atoms with Gasteiger partial charge in [0.25, 0.3) is 5.91 Å². The van der Waals surface area contributed by atoms with Crippen LogP contribution in [-0.2, 0) is 4.74 Å². The smallest absolute Gasteiger partial charge is 0.369 e. The predicted octanol–water partition coefficient (Wildman–Crippen LogP) is 2.94. The van der Waals surface area contributed by atoms with Crippen LogP contribution in [0.5, 0.6) is 0 Å². The number of ether oxygens (including phenoxy) is 1. The molecule has 0 unspecified atom stereocenters. The van der Waals surface area contributed by atoms with Gasteiger partial charge in [0.05, 0.1) is 11.7 Å². The number of aromatic nitrogens is 2. The van der Waals surface area contributed by atoms with E-state index >= 15 is 0 Å². The highest BCUT2D eigenvalue weighted by Crippen LogP contribution is 2.26. The first-order valence-corrected chi connectivity index (χ1v) is 8.52. The average molecular weight is 377 g/mol. The molecule has 10 heteroatoms. The maximum atomic E-state index is 12.2. The van der Waals surface area contributed by atoms with Gasteiger partial charge in [0.1, 0.15) is 12.4 Å². The van der Waals surface area contributed by atoms with Crippen molar-refractivity contribution in [2.24, 2.45) is 5.73 Å². The number of nitrogens with one attached hydrogen (secondary N) is 2. The fourth-order valence-electron chi connectivity index (χ4n) is 2.78. The van der Waals surface area contributed by atoms with Crippen molar-refractivity contribution in [2.45, 2.75) is 63.9 Å². The van der Waals surface area contributed by atoms with Gasteiger partial charge in [0.2, 0.25) is 5.95 Å². The summed E-state index contributed by atoms with van der Waals surface area (Å²) in [5.74, 6) is 0.0760. The summed E-state index contributed by atoms with van der Waals surface area (Å²) in [6, 6.07) is 0.0872. The van der Waals surface area contributed by atoms with Crippen molar-refractivity contribution in [1.82, 2.24) is 9.97 Å². The lowest BCUT2D eigenvalue weighted by Gasteiger charge is -2.29. The zero-order valence-corrected chi connectivity index (χ0v) is 14.8. The fraction of sp³-hybridized carbons (Fsp3) is 0.688. The lowest BCUT2D eigenvalue weighted by Crippen LogP contribution is -2.32. The second-order valence-electron chi connectivity index (χ2n) is 6.66. The van der Waals surface area contributed by atoms with Gasteiger partial charge in [0, 0.05) is 19.7 Å². The molecule has 0 saturated heterocycles. The molecule has 1 fully saturated rings. The van der Waals surface area contributed by atoms with Gasteiger partial charge in [-0.1, -0.05) is 0 Å². The molecule has 26 heavy (non-hydrogen) atoms. The monoisotopic (exact) mass is 377 g/mol. The van der Waals surface area contributed by atoms with E-state index in [2.05, 4.69) is 20.6 Å². The maximum absolute atomic E-state index is 12.2. The molecule has 1 aliphatic rings. The summed E-state index contributed by atoms with van der Waals surface area (Å²) < 4.78 is 41.5. The molecule has 7 nitrogen and oxygen atoms in total. The van der Waals surface area contributed by atoms with Crippen molar-refractivity contribution < 1.29 is 24.1 Å². The number of halogens is 3. The van der Waals surface area contributed by atoms with E-state index in [1.165, 1.54) is 6.20 Å². The SMILES string of the molecule is CC(C)Nc1nc(NC2CCC(OCC(F)(F)F)CC2)ncc1C(N)=O.[HH]. The number of amides is 1. The first-order chi connectivity index (χ1) is 12.1. The van der Waals surface area contributed by atoms with Gasteiger partial charge in [-0.2, -0.15) is 18.2 Å². The number of hydrogen-bond donors (Lipinski definition) is 3. The van der Waals surface area contributed by atoms with Crippen LogP contribution < -0.4 is 16.4 Å². The maximum Gasteiger partial charge on any atom is 0.411 e. The van der Waals surface area contributed by atoms with Crippen molar-refractivity contribution in [1.29, 1.82) is 0 Å². The number of rotatable bonds is 7. The van der Waals surface area contributed by atoms with E-state index in [-0.39, 0.29) is 25.2 Å². The van der Waals surface area contributed by atoms with Crippen LogP contribution in [0.4, 0.5) is 24.9 Å². The van der Waals surface area contributed by atoms with Gasteiger partial charge < -0.3 is 21.1 Å². The minimum absolute atomic E-state index is 0. The molecule has 148 valence electrons. The van der Waals surface area contributed by atoms with E-state index < -0.39 is 18.7 Å². The predicted molar refractivity (Wildman–Crippen MR) is 93.1 cm³/mol. The molecule has 0 aliphatic heterocycles. The van der Waals surface area contributed by atoms with Gasteiger partial charge in [-0.25, -0.2) is 4.98 Å². The summed E-state index contributed by atoms with van der Waals surface area (Å²) in [5, 5.41) is 6.21. The quantitative estimate of drug-likeness (QED) is 0.675. The topological polar surface area (TPSA) is 102 Å². The van der Waals surface area contributed by atoms with Gasteiger partial charge in [0.15, 0.2) is 0 Å². The molecule has 2 rings (SSSR count). The molecule has 1 aliphatic carbocycles. The number of carbonyl (C=O) groups excluding carboxylic acids is 1. The third kappa shape index (κ3) is 6.32. The Bertz CT molecular complexity index is 623. The Labute approximate surface area is 151 Å². The zero-order valence-electron chi connectivity index (χ0n) is 14.8. The Morgan fingerprint density at radius 1 is 1.38 bits per heavy atom. The van der Waals surface area contributed by atoms with E-state index in [0.717, 1.165) is 0 Å². The van der Waals surface area contributed by atoms with Crippen LogP contribution in [-0.4, -0.2) is 46.8 Å². The average Bonchev–Trinajstić information content (AvgIpc) is 2.53. The molecule has 0 atom stereocenters. The summed E-state index contributed by atoms with van der Waals surface area (Å²) in [6.45, 7) is 2.60. The normalized spacial score (nSPS) is 20.8. The third-order valence-corrected chi connectivity index (χ3v) is 3.97. The molecular formula is C16H26F3N5O2. The Kier molecular flexibility index (Phi) is 6.63. The lowest BCUT2D eigenvalue weighted by molar-refractivity contribution is -0.187. The minimum atomic E-state index is -4.30. The number of primary amides is 1. The number of anilines is 2. The summed E-state index contributed by atoms with van der Waals surface area (Å²) in [6.07, 6.45) is -0.960. The highest BCUT2D eigenvalue weighted by Gasteiger charge is 2.31. The Morgan fingerprint density at radius 3 is 2.58 bits per heavy atom. The first kappa shape index (κ1) is 20.2. The van der Waals surface area contributed by atoms with Crippen molar-refractivity contribution in [2.75, 3.05) is 17.2 Å². The van der Waals surface area contributed by atoms with Crippen LogP contribution >= 0.6 is 0 Å². The van der Waals surface area contributed by atoms with Gasteiger partial charge >= 0.3 is 6.18 Å². The number of hydrogen-bond acceptors (Lipinski definition) is 6. The van der Waals surface area contributed by atoms with E-state index in [4.69, 9.17) is 10.5 Å². The Morgan fingerprint density at radius 2 is 2.04 bits per heavy atom. The molecule has 1 saturated carbocycles. The summed E-state index contributed by atoms with van der Waals surface area (Å²) in [4.78, 5) is 19.9. The fourth-order valence-corrected chi connectivity index (χ4v) is 2.78. The second kappa shape index (κ2) is 8.52. The lowest BCUT2D eigenvalue weighted by atomic mass is 9.93. The largest absolute Gasteiger partial charge is 0.411 e. The summed E-state index contributed by atoms with van der Waals surface area (Å²) in [7, 11) is 0. The Balaban J connectivity index is 0.00000364. The molecule has 1 heterocycles. The van der Waals surface area contributed by atoms with E-state index in [0.29, 0.717) is 37.4 Å². The summed E-state index contributed by atoms with van der Waals surface area (Å²) in [5.41, 5.74) is 5.53. The van der Waals surface area contributed by atoms with Crippen LogP contribution in [0.2, 0.25) is 0 Å². The highest BCUT2D eigenvalue weighted by atomic mass is 19.4. The number of alkyl halides is 3. The second-order valence-corrected chi connectivity index (χ2v) is 6.66. The summed E-state index contributed by atoms with van der Waals surface area (Å²) >= 11 is 0. The molecule has 1 amide bonds. The Hall–Kier alpha value is -2.10.